The van der Waals surface area contributed by atoms with Crippen molar-refractivity contribution >= 4 is 11.8 Å². The first-order chi connectivity index (χ1) is 9.56. The van der Waals surface area contributed by atoms with Gasteiger partial charge in [-0.2, -0.15) is 0 Å². The molecule has 1 unspecified atom stereocenters. The summed E-state index contributed by atoms with van der Waals surface area (Å²) in [6.45, 7) is 0.827. The summed E-state index contributed by atoms with van der Waals surface area (Å²) in [5.41, 5.74) is 5.27. The molecule has 0 saturated carbocycles. The molecular weight excluding hydrogens is 263 g/mol. The minimum absolute atomic E-state index is 0.128. The summed E-state index contributed by atoms with van der Waals surface area (Å²) in [6, 6.07) is 5.46. The maximum atomic E-state index is 12.7. The van der Waals surface area contributed by atoms with Crippen LogP contribution in [0.15, 0.2) is 24.3 Å². The maximum absolute atomic E-state index is 12.7. The molecular formula is C14H17FN2O3. The smallest absolute Gasteiger partial charge is 0.260 e. The number of halogens is 1. The number of hydrogen-bond donors (Lipinski definition) is 1. The van der Waals surface area contributed by atoms with E-state index in [1.54, 1.807) is 4.90 Å². The Balaban J connectivity index is 1.85. The molecule has 0 aliphatic carbocycles. The molecule has 1 fully saturated rings. The SMILES string of the molecule is NC(=O)C1CCCN(C(=O)COc2ccc(F)cc2)C1. The molecule has 5 nitrogen and oxygen atoms in total. The first-order valence-electron chi connectivity index (χ1n) is 6.51. The molecule has 20 heavy (non-hydrogen) atoms. The largest absolute Gasteiger partial charge is 0.484 e. The van der Waals surface area contributed by atoms with Gasteiger partial charge in [-0.15, -0.1) is 0 Å². The molecule has 1 aromatic carbocycles. The standard InChI is InChI=1S/C14H17FN2O3/c15-11-3-5-12(6-4-11)20-9-13(18)17-7-1-2-10(8-17)14(16)19/h3-6,10H,1-2,7-9H2,(H2,16,19). The van der Waals surface area contributed by atoms with Crippen molar-refractivity contribution in [3.63, 3.8) is 0 Å². The van der Waals surface area contributed by atoms with Gasteiger partial charge in [0.25, 0.3) is 5.91 Å². The Morgan fingerprint density at radius 1 is 1.35 bits per heavy atom. The third kappa shape index (κ3) is 3.69. The number of nitrogens with zero attached hydrogens (tertiary/aromatic N) is 1. The van der Waals surface area contributed by atoms with Gasteiger partial charge in [-0.1, -0.05) is 0 Å². The summed E-state index contributed by atoms with van der Waals surface area (Å²) in [5.74, 6) is -0.770. The number of benzene rings is 1. The molecule has 0 spiro atoms. The Morgan fingerprint density at radius 3 is 2.70 bits per heavy atom. The van der Waals surface area contributed by atoms with Crippen molar-refractivity contribution in [2.75, 3.05) is 19.7 Å². The lowest BCUT2D eigenvalue weighted by Gasteiger charge is -2.31. The lowest BCUT2D eigenvalue weighted by molar-refractivity contribution is -0.136. The molecule has 6 heteroatoms. The number of rotatable bonds is 4. The quantitative estimate of drug-likeness (QED) is 0.891. The van der Waals surface area contributed by atoms with Gasteiger partial charge >= 0.3 is 0 Å². The molecule has 1 aliphatic heterocycles. The summed E-state index contributed by atoms with van der Waals surface area (Å²) in [5, 5.41) is 0. The van der Waals surface area contributed by atoms with Crippen LogP contribution in [-0.2, 0) is 9.59 Å². The van der Waals surface area contributed by atoms with E-state index < -0.39 is 0 Å². The van der Waals surface area contributed by atoms with Crippen molar-refractivity contribution in [1.29, 1.82) is 0 Å². The van der Waals surface area contributed by atoms with Crippen molar-refractivity contribution in [3.05, 3.63) is 30.1 Å². The molecule has 0 bridgehead atoms. The molecule has 1 saturated heterocycles. The zero-order valence-corrected chi connectivity index (χ0v) is 11.0. The Morgan fingerprint density at radius 2 is 2.05 bits per heavy atom. The number of nitrogens with two attached hydrogens (primary N) is 1. The summed E-state index contributed by atoms with van der Waals surface area (Å²) in [7, 11) is 0. The molecule has 1 heterocycles. The third-order valence-electron chi connectivity index (χ3n) is 3.35. The van der Waals surface area contributed by atoms with E-state index in [-0.39, 0.29) is 30.2 Å². The Kier molecular flexibility index (Phi) is 4.55. The van der Waals surface area contributed by atoms with Crippen molar-refractivity contribution in [3.8, 4) is 5.75 Å². The normalized spacial score (nSPS) is 18.6. The van der Waals surface area contributed by atoms with Gasteiger partial charge in [0.2, 0.25) is 5.91 Å². The van der Waals surface area contributed by atoms with Crippen LogP contribution < -0.4 is 10.5 Å². The van der Waals surface area contributed by atoms with Gasteiger partial charge in [0.05, 0.1) is 5.92 Å². The number of likely N-dealkylation sites (tertiary alicyclic amines) is 1. The van der Waals surface area contributed by atoms with E-state index in [2.05, 4.69) is 0 Å². The maximum Gasteiger partial charge on any atom is 0.260 e. The minimum atomic E-state index is -0.373. The summed E-state index contributed by atoms with van der Waals surface area (Å²) in [4.78, 5) is 24.7. The Hall–Kier alpha value is -2.11. The van der Waals surface area contributed by atoms with Gasteiger partial charge in [0.1, 0.15) is 11.6 Å². The second-order valence-electron chi connectivity index (χ2n) is 4.82. The third-order valence-corrected chi connectivity index (χ3v) is 3.35. The van der Waals surface area contributed by atoms with Crippen LogP contribution in [-0.4, -0.2) is 36.4 Å². The number of amides is 2. The highest BCUT2D eigenvalue weighted by Gasteiger charge is 2.26. The topological polar surface area (TPSA) is 72.6 Å². The van der Waals surface area contributed by atoms with Gasteiger partial charge < -0.3 is 15.4 Å². The van der Waals surface area contributed by atoms with Crippen LogP contribution in [0.3, 0.4) is 0 Å². The Labute approximate surface area is 116 Å². The lowest BCUT2D eigenvalue weighted by Crippen LogP contribution is -2.45. The van der Waals surface area contributed by atoms with Crippen molar-refractivity contribution in [1.82, 2.24) is 4.90 Å². The van der Waals surface area contributed by atoms with Crippen LogP contribution in [0.1, 0.15) is 12.8 Å². The van der Waals surface area contributed by atoms with E-state index in [4.69, 9.17) is 10.5 Å². The highest BCUT2D eigenvalue weighted by molar-refractivity contribution is 5.81. The molecule has 0 aromatic heterocycles. The van der Waals surface area contributed by atoms with E-state index >= 15 is 0 Å². The average Bonchev–Trinajstić information content (AvgIpc) is 2.46. The monoisotopic (exact) mass is 280 g/mol. The number of primary amides is 1. The van der Waals surface area contributed by atoms with E-state index in [0.29, 0.717) is 18.8 Å². The molecule has 1 atom stereocenters. The van der Waals surface area contributed by atoms with Gasteiger partial charge in [0.15, 0.2) is 6.61 Å². The van der Waals surface area contributed by atoms with Gasteiger partial charge in [-0.05, 0) is 37.1 Å². The number of ether oxygens (including phenoxy) is 1. The molecule has 2 N–H and O–H groups in total. The van der Waals surface area contributed by atoms with Crippen LogP contribution >= 0.6 is 0 Å². The van der Waals surface area contributed by atoms with Gasteiger partial charge in [-0.25, -0.2) is 4.39 Å². The van der Waals surface area contributed by atoms with Crippen LogP contribution in [0.4, 0.5) is 4.39 Å². The van der Waals surface area contributed by atoms with Crippen LogP contribution in [0, 0.1) is 11.7 Å². The molecule has 1 aromatic rings. The fraction of sp³-hybridized carbons (Fsp3) is 0.429. The van der Waals surface area contributed by atoms with Crippen LogP contribution in [0.5, 0.6) is 5.75 Å². The van der Waals surface area contributed by atoms with E-state index in [0.717, 1.165) is 12.8 Å². The highest BCUT2D eigenvalue weighted by atomic mass is 19.1. The number of piperidine rings is 1. The lowest BCUT2D eigenvalue weighted by atomic mass is 9.97. The first kappa shape index (κ1) is 14.3. The number of carbonyl (C=O) groups is 2. The van der Waals surface area contributed by atoms with Crippen molar-refractivity contribution in [2.45, 2.75) is 12.8 Å². The summed E-state index contributed by atoms with van der Waals surface area (Å²) >= 11 is 0. The zero-order chi connectivity index (χ0) is 14.5. The zero-order valence-electron chi connectivity index (χ0n) is 11.0. The molecule has 2 rings (SSSR count). The predicted octanol–water partition coefficient (Wildman–Crippen LogP) is 0.928. The number of carbonyl (C=O) groups excluding carboxylic acids is 2. The Bertz CT molecular complexity index is 490. The van der Waals surface area contributed by atoms with Crippen LogP contribution in [0.25, 0.3) is 0 Å². The molecule has 1 aliphatic rings. The average molecular weight is 280 g/mol. The molecule has 0 radical (unpaired) electrons. The van der Waals surface area contributed by atoms with Crippen molar-refractivity contribution < 1.29 is 18.7 Å². The number of hydrogen-bond acceptors (Lipinski definition) is 3. The molecule has 2 amide bonds. The highest BCUT2D eigenvalue weighted by Crippen LogP contribution is 2.17. The summed E-state index contributed by atoms with van der Waals surface area (Å²) in [6.07, 6.45) is 1.48. The predicted molar refractivity (Wildman–Crippen MR) is 70.4 cm³/mol. The second kappa shape index (κ2) is 6.36. The van der Waals surface area contributed by atoms with E-state index in [9.17, 15) is 14.0 Å². The van der Waals surface area contributed by atoms with Crippen LogP contribution in [0.2, 0.25) is 0 Å². The van der Waals surface area contributed by atoms with Crippen molar-refractivity contribution in [2.24, 2.45) is 11.7 Å². The van der Waals surface area contributed by atoms with E-state index in [1.165, 1.54) is 24.3 Å². The minimum Gasteiger partial charge on any atom is -0.484 e. The van der Waals surface area contributed by atoms with Gasteiger partial charge in [0, 0.05) is 13.1 Å². The van der Waals surface area contributed by atoms with Gasteiger partial charge in [-0.3, -0.25) is 9.59 Å². The molecule has 108 valence electrons. The fourth-order valence-electron chi connectivity index (χ4n) is 2.20. The fourth-order valence-corrected chi connectivity index (χ4v) is 2.20. The first-order valence-corrected chi connectivity index (χ1v) is 6.51. The summed E-state index contributed by atoms with van der Waals surface area (Å²) < 4.78 is 18.0. The second-order valence-corrected chi connectivity index (χ2v) is 4.82. The van der Waals surface area contributed by atoms with E-state index in [1.807, 2.05) is 0 Å².